The largest absolute Gasteiger partial charge is 0.416 e. The lowest BCUT2D eigenvalue weighted by atomic mass is 10.0. The third-order valence-electron chi connectivity index (χ3n) is 5.59. The van der Waals surface area contributed by atoms with E-state index in [4.69, 9.17) is 0 Å². The molecule has 156 valence electrons. The van der Waals surface area contributed by atoms with Gasteiger partial charge in [0, 0.05) is 36.3 Å². The van der Waals surface area contributed by atoms with Crippen molar-refractivity contribution in [3.8, 4) is 0 Å². The number of halogens is 3. The van der Waals surface area contributed by atoms with Gasteiger partial charge in [-0.25, -0.2) is 0 Å². The van der Waals surface area contributed by atoms with Crippen LogP contribution in [-0.2, 0) is 12.7 Å². The topological polar surface area (TPSA) is 42.3 Å². The third kappa shape index (κ3) is 3.60. The first-order chi connectivity index (χ1) is 14.2. The highest BCUT2D eigenvalue weighted by Gasteiger charge is 2.31. The summed E-state index contributed by atoms with van der Waals surface area (Å²) in [6, 6.07) is 11.5. The summed E-state index contributed by atoms with van der Waals surface area (Å²) >= 11 is 0. The number of amides is 1. The SMILES string of the molecule is CCn1c(=O)cc(C2CC2)c2cc(C(=O)N(C)c3cccc(C(F)(F)F)c3)ccc21. The van der Waals surface area contributed by atoms with E-state index in [1.165, 1.54) is 24.1 Å². The van der Waals surface area contributed by atoms with Gasteiger partial charge < -0.3 is 9.47 Å². The highest BCUT2D eigenvalue weighted by atomic mass is 19.4. The molecule has 1 heterocycles. The van der Waals surface area contributed by atoms with E-state index in [9.17, 15) is 22.8 Å². The van der Waals surface area contributed by atoms with Crippen LogP contribution < -0.4 is 10.5 Å². The molecule has 1 amide bonds. The van der Waals surface area contributed by atoms with Crippen molar-refractivity contribution in [3.05, 3.63) is 75.6 Å². The van der Waals surface area contributed by atoms with Crippen LogP contribution in [0.3, 0.4) is 0 Å². The Morgan fingerprint density at radius 1 is 1.13 bits per heavy atom. The van der Waals surface area contributed by atoms with Gasteiger partial charge in [-0.3, -0.25) is 9.59 Å². The van der Waals surface area contributed by atoms with Crippen molar-refractivity contribution in [3.63, 3.8) is 0 Å². The second kappa shape index (κ2) is 7.31. The molecule has 4 nitrogen and oxygen atoms in total. The van der Waals surface area contributed by atoms with Gasteiger partial charge in [0.2, 0.25) is 0 Å². The molecule has 1 saturated carbocycles. The van der Waals surface area contributed by atoms with E-state index >= 15 is 0 Å². The number of hydrogen-bond donors (Lipinski definition) is 0. The van der Waals surface area contributed by atoms with Crippen molar-refractivity contribution >= 4 is 22.5 Å². The molecule has 0 N–H and O–H groups in total. The van der Waals surface area contributed by atoms with E-state index in [1.807, 2.05) is 6.92 Å². The van der Waals surface area contributed by atoms with Crippen molar-refractivity contribution in [1.82, 2.24) is 4.57 Å². The number of nitrogens with zero attached hydrogens (tertiary/aromatic N) is 2. The van der Waals surface area contributed by atoms with Crippen molar-refractivity contribution in [2.24, 2.45) is 0 Å². The molecule has 1 aliphatic rings. The van der Waals surface area contributed by atoms with Gasteiger partial charge in [0.15, 0.2) is 0 Å². The van der Waals surface area contributed by atoms with E-state index in [0.717, 1.165) is 41.4 Å². The number of hydrogen-bond acceptors (Lipinski definition) is 2. The Morgan fingerprint density at radius 3 is 2.50 bits per heavy atom. The quantitative estimate of drug-likeness (QED) is 0.589. The van der Waals surface area contributed by atoms with Crippen LogP contribution in [0, 0.1) is 0 Å². The average Bonchev–Trinajstić information content (AvgIpc) is 3.56. The van der Waals surface area contributed by atoms with Crippen LogP contribution in [-0.4, -0.2) is 17.5 Å². The Balaban J connectivity index is 1.76. The van der Waals surface area contributed by atoms with E-state index in [-0.39, 0.29) is 11.2 Å². The van der Waals surface area contributed by atoms with Gasteiger partial charge in [0.05, 0.1) is 11.1 Å². The number of aryl methyl sites for hydroxylation is 1. The normalized spacial score (nSPS) is 14.2. The molecule has 1 fully saturated rings. The number of fused-ring (bicyclic) bond motifs is 1. The van der Waals surface area contributed by atoms with Gasteiger partial charge in [-0.15, -0.1) is 0 Å². The number of benzene rings is 2. The predicted octanol–water partition coefficient (Wildman–Crippen LogP) is 5.19. The lowest BCUT2D eigenvalue weighted by Crippen LogP contribution is -2.27. The first-order valence-corrected chi connectivity index (χ1v) is 9.83. The van der Waals surface area contributed by atoms with Gasteiger partial charge in [-0.2, -0.15) is 13.2 Å². The molecule has 30 heavy (non-hydrogen) atoms. The van der Waals surface area contributed by atoms with Crippen LogP contribution in [0.5, 0.6) is 0 Å². The number of carbonyl (C=O) groups is 1. The first kappa shape index (κ1) is 20.2. The summed E-state index contributed by atoms with van der Waals surface area (Å²) in [5.74, 6) is -0.0922. The monoisotopic (exact) mass is 414 g/mol. The van der Waals surface area contributed by atoms with Gasteiger partial charge in [-0.1, -0.05) is 6.07 Å². The molecule has 0 aliphatic heterocycles. The maximum Gasteiger partial charge on any atom is 0.416 e. The summed E-state index contributed by atoms with van der Waals surface area (Å²) in [5.41, 5.74) is 1.37. The maximum atomic E-state index is 13.0. The Morgan fingerprint density at radius 2 is 1.87 bits per heavy atom. The second-order valence-electron chi connectivity index (χ2n) is 7.60. The lowest BCUT2D eigenvalue weighted by Gasteiger charge is -2.20. The summed E-state index contributed by atoms with van der Waals surface area (Å²) in [5, 5.41) is 0.849. The number of alkyl halides is 3. The number of anilines is 1. The Bertz CT molecular complexity index is 1190. The smallest absolute Gasteiger partial charge is 0.311 e. The van der Waals surface area contributed by atoms with Gasteiger partial charge >= 0.3 is 6.18 Å². The minimum atomic E-state index is -4.48. The standard InChI is InChI=1S/C23H21F3N2O2/c1-3-28-20-10-9-15(11-19(20)18(13-21(28)29)14-7-8-14)22(30)27(2)17-6-4-5-16(12-17)23(24,25)26/h4-6,9-14H,3,7-8H2,1-2H3. The molecule has 0 radical (unpaired) electrons. The molecule has 0 spiro atoms. The number of aromatic nitrogens is 1. The average molecular weight is 414 g/mol. The van der Waals surface area contributed by atoms with Crippen LogP contribution in [0.1, 0.15) is 47.2 Å². The molecular weight excluding hydrogens is 393 g/mol. The lowest BCUT2D eigenvalue weighted by molar-refractivity contribution is -0.137. The fourth-order valence-corrected chi connectivity index (χ4v) is 3.80. The second-order valence-corrected chi connectivity index (χ2v) is 7.60. The zero-order chi connectivity index (χ0) is 21.6. The van der Waals surface area contributed by atoms with E-state index in [0.29, 0.717) is 18.0 Å². The maximum absolute atomic E-state index is 13.0. The number of carbonyl (C=O) groups excluding carboxylic acids is 1. The van der Waals surface area contributed by atoms with Crippen molar-refractivity contribution in [1.29, 1.82) is 0 Å². The van der Waals surface area contributed by atoms with Crippen LogP contribution in [0.4, 0.5) is 18.9 Å². The van der Waals surface area contributed by atoms with Crippen molar-refractivity contribution < 1.29 is 18.0 Å². The van der Waals surface area contributed by atoms with Crippen LogP contribution >= 0.6 is 0 Å². The van der Waals surface area contributed by atoms with Crippen LogP contribution in [0.2, 0.25) is 0 Å². The molecule has 0 unspecified atom stereocenters. The number of rotatable bonds is 4. The van der Waals surface area contributed by atoms with E-state index in [2.05, 4.69) is 0 Å². The Hall–Kier alpha value is -3.09. The highest BCUT2D eigenvalue weighted by molar-refractivity contribution is 6.07. The fourth-order valence-electron chi connectivity index (χ4n) is 3.80. The number of pyridine rings is 1. The highest BCUT2D eigenvalue weighted by Crippen LogP contribution is 2.42. The molecule has 0 atom stereocenters. The van der Waals surface area contributed by atoms with Crippen LogP contribution in [0.15, 0.2) is 53.3 Å². The summed E-state index contributed by atoms with van der Waals surface area (Å²) in [7, 11) is 1.46. The minimum Gasteiger partial charge on any atom is -0.311 e. The van der Waals surface area contributed by atoms with Crippen molar-refractivity contribution in [2.45, 2.75) is 38.4 Å². The third-order valence-corrected chi connectivity index (χ3v) is 5.59. The summed E-state index contributed by atoms with van der Waals surface area (Å²) in [6.45, 7) is 2.40. The van der Waals surface area contributed by atoms with E-state index < -0.39 is 17.6 Å². The van der Waals surface area contributed by atoms with Gasteiger partial charge in [0.25, 0.3) is 11.5 Å². The summed E-state index contributed by atoms with van der Waals surface area (Å²) in [6.07, 6.45) is -2.47. The molecule has 1 aliphatic carbocycles. The molecular formula is C23H21F3N2O2. The predicted molar refractivity (Wildman–Crippen MR) is 110 cm³/mol. The molecule has 1 aromatic heterocycles. The van der Waals surface area contributed by atoms with Gasteiger partial charge in [-0.05, 0) is 67.6 Å². The molecule has 4 rings (SSSR count). The van der Waals surface area contributed by atoms with Crippen molar-refractivity contribution in [2.75, 3.05) is 11.9 Å². The zero-order valence-electron chi connectivity index (χ0n) is 16.7. The first-order valence-electron chi connectivity index (χ1n) is 9.83. The molecule has 0 saturated heterocycles. The summed E-state index contributed by atoms with van der Waals surface area (Å²) in [4.78, 5) is 26.7. The molecule has 0 bridgehead atoms. The van der Waals surface area contributed by atoms with E-state index in [1.54, 1.807) is 28.8 Å². The molecule has 7 heteroatoms. The minimum absolute atomic E-state index is 0.0629. The fraction of sp³-hybridized carbons (Fsp3) is 0.304. The Labute approximate surface area is 171 Å². The Kier molecular flexibility index (Phi) is 4.92. The molecule has 3 aromatic rings. The summed E-state index contributed by atoms with van der Waals surface area (Å²) < 4.78 is 40.7. The zero-order valence-corrected chi connectivity index (χ0v) is 16.7. The van der Waals surface area contributed by atoms with Gasteiger partial charge in [0.1, 0.15) is 0 Å². The molecule has 2 aromatic carbocycles. The van der Waals surface area contributed by atoms with Crippen LogP contribution in [0.25, 0.3) is 10.9 Å².